The number of hydrogen-bond acceptors (Lipinski definition) is 3. The Morgan fingerprint density at radius 1 is 1.19 bits per heavy atom. The molecule has 0 fully saturated rings. The van der Waals surface area contributed by atoms with Crippen LogP contribution in [0.3, 0.4) is 0 Å². The van der Waals surface area contributed by atoms with Gasteiger partial charge in [-0.05, 0) is 35.7 Å². The van der Waals surface area contributed by atoms with Gasteiger partial charge in [0.15, 0.2) is 0 Å². The largest absolute Gasteiger partial charge is 0.374 e. The molecule has 1 amide bonds. The summed E-state index contributed by atoms with van der Waals surface area (Å²) in [4.78, 5) is 14.3. The number of nitrogens with zero attached hydrogens (tertiary/aromatic N) is 2. The average molecular weight is 346 g/mol. The minimum absolute atomic E-state index is 0.00292. The lowest BCUT2D eigenvalue weighted by molar-refractivity contribution is 0.0778. The van der Waals surface area contributed by atoms with Gasteiger partial charge in [-0.1, -0.05) is 37.3 Å². The monoisotopic (exact) mass is 346 g/mol. The van der Waals surface area contributed by atoms with Crippen molar-refractivity contribution in [2.75, 3.05) is 11.9 Å². The van der Waals surface area contributed by atoms with E-state index in [-0.39, 0.29) is 11.9 Å². The fourth-order valence-electron chi connectivity index (χ4n) is 3.51. The first-order chi connectivity index (χ1) is 12.8. The first kappa shape index (κ1) is 16.4. The number of nitrogens with one attached hydrogen (secondary N) is 2. The number of hydrogen-bond donors (Lipinski definition) is 2. The Balaban J connectivity index is 1.62. The van der Waals surface area contributed by atoms with E-state index in [0.717, 1.165) is 40.9 Å². The molecule has 2 aromatic carbocycles. The first-order valence-corrected chi connectivity index (χ1v) is 8.98. The fourth-order valence-corrected chi connectivity index (χ4v) is 3.51. The number of aromatic nitrogens is 2. The zero-order chi connectivity index (χ0) is 17.9. The van der Waals surface area contributed by atoms with Crippen LogP contribution < -0.4 is 5.32 Å². The molecule has 0 aliphatic carbocycles. The van der Waals surface area contributed by atoms with E-state index in [9.17, 15) is 4.79 Å². The number of fused-ring (bicyclic) bond motifs is 1. The molecular weight excluding hydrogens is 324 g/mol. The third-order valence-electron chi connectivity index (χ3n) is 4.77. The second-order valence-corrected chi connectivity index (χ2v) is 6.62. The molecule has 0 bridgehead atoms. The molecule has 1 aromatic heterocycles. The molecule has 0 saturated carbocycles. The van der Waals surface area contributed by atoms with Crippen molar-refractivity contribution in [3.05, 3.63) is 83.2 Å². The number of carbonyl (C=O) groups excluding carboxylic acids is 1. The van der Waals surface area contributed by atoms with Crippen molar-refractivity contribution >= 4 is 11.6 Å². The van der Waals surface area contributed by atoms with Crippen molar-refractivity contribution in [2.45, 2.75) is 25.9 Å². The minimum Gasteiger partial charge on any atom is -0.374 e. The van der Waals surface area contributed by atoms with Gasteiger partial charge in [0.1, 0.15) is 0 Å². The van der Waals surface area contributed by atoms with Gasteiger partial charge in [-0.25, -0.2) is 0 Å². The van der Waals surface area contributed by atoms with Crippen LogP contribution in [0.5, 0.6) is 0 Å². The molecule has 5 nitrogen and oxygen atoms in total. The van der Waals surface area contributed by atoms with Gasteiger partial charge >= 0.3 is 0 Å². The minimum atomic E-state index is -0.00292. The van der Waals surface area contributed by atoms with E-state index < -0.39 is 0 Å². The predicted octanol–water partition coefficient (Wildman–Crippen LogP) is 3.98. The second-order valence-electron chi connectivity index (χ2n) is 6.62. The molecule has 1 aliphatic rings. The highest BCUT2D eigenvalue weighted by molar-refractivity contribution is 5.98. The number of carbonyl (C=O) groups is 1. The molecule has 5 heteroatoms. The van der Waals surface area contributed by atoms with Gasteiger partial charge in [-0.2, -0.15) is 5.10 Å². The highest BCUT2D eigenvalue weighted by Crippen LogP contribution is 2.30. The van der Waals surface area contributed by atoms with Gasteiger partial charge in [-0.3, -0.25) is 9.89 Å². The maximum atomic E-state index is 12.4. The van der Waals surface area contributed by atoms with Gasteiger partial charge in [-0.15, -0.1) is 0 Å². The van der Waals surface area contributed by atoms with E-state index in [1.165, 1.54) is 0 Å². The fraction of sp³-hybridized carbons (Fsp3) is 0.238. The van der Waals surface area contributed by atoms with E-state index in [2.05, 4.69) is 40.6 Å². The van der Waals surface area contributed by atoms with Gasteiger partial charge in [0.05, 0.1) is 12.2 Å². The van der Waals surface area contributed by atoms with Gasteiger partial charge in [0, 0.05) is 36.1 Å². The summed E-state index contributed by atoms with van der Waals surface area (Å²) in [5.41, 5.74) is 5.15. The van der Waals surface area contributed by atoms with Crippen molar-refractivity contribution < 1.29 is 4.79 Å². The quantitative estimate of drug-likeness (QED) is 0.710. The van der Waals surface area contributed by atoms with Crippen LogP contribution in [0.4, 0.5) is 5.69 Å². The molecule has 1 unspecified atom stereocenters. The van der Waals surface area contributed by atoms with Crippen LogP contribution in [0.1, 0.15) is 46.4 Å². The van der Waals surface area contributed by atoms with Crippen molar-refractivity contribution in [3.63, 3.8) is 0 Å². The first-order valence-electron chi connectivity index (χ1n) is 8.98. The molecule has 0 spiro atoms. The summed E-state index contributed by atoms with van der Waals surface area (Å²) in [5.74, 6) is 0.142. The second kappa shape index (κ2) is 7.04. The number of benzene rings is 2. The van der Waals surface area contributed by atoms with Crippen LogP contribution in [0.15, 0.2) is 60.9 Å². The average Bonchev–Trinajstić information content (AvgIpc) is 3.30. The Bertz CT molecular complexity index is 890. The van der Waals surface area contributed by atoms with E-state index in [4.69, 9.17) is 0 Å². The molecular formula is C21H22N4O. The topological polar surface area (TPSA) is 61.0 Å². The standard InChI is InChI=1S/C21H22N4O/c1-2-10-25-14-16-11-18(8-9-19(16)21(25)26)24-20(17-12-22-23-13-17)15-6-4-3-5-7-15/h3-9,11-13,20,24H,2,10,14H2,1H3,(H,22,23). The Labute approximate surface area is 153 Å². The highest BCUT2D eigenvalue weighted by Gasteiger charge is 2.27. The third-order valence-corrected chi connectivity index (χ3v) is 4.77. The predicted molar refractivity (Wildman–Crippen MR) is 102 cm³/mol. The molecule has 2 N–H and O–H groups in total. The van der Waals surface area contributed by atoms with E-state index in [1.807, 2.05) is 47.6 Å². The lowest BCUT2D eigenvalue weighted by atomic mass is 10.0. The third kappa shape index (κ3) is 3.08. The van der Waals surface area contributed by atoms with Crippen molar-refractivity contribution in [2.24, 2.45) is 0 Å². The lowest BCUT2D eigenvalue weighted by Gasteiger charge is -2.19. The molecule has 4 rings (SSSR count). The Hall–Kier alpha value is -3.08. The molecule has 0 saturated heterocycles. The Morgan fingerprint density at radius 2 is 2.04 bits per heavy atom. The van der Waals surface area contributed by atoms with Crippen molar-refractivity contribution in [1.29, 1.82) is 0 Å². The summed E-state index contributed by atoms with van der Waals surface area (Å²) in [6.45, 7) is 3.59. The number of rotatable bonds is 6. The molecule has 0 radical (unpaired) electrons. The Kier molecular flexibility index (Phi) is 4.44. The van der Waals surface area contributed by atoms with Crippen LogP contribution >= 0.6 is 0 Å². The zero-order valence-electron chi connectivity index (χ0n) is 14.8. The highest BCUT2D eigenvalue weighted by atomic mass is 16.2. The SMILES string of the molecule is CCCN1Cc2cc(NC(c3ccccc3)c3cn[nH]c3)ccc2C1=O. The summed E-state index contributed by atoms with van der Waals surface area (Å²) in [5, 5.41) is 10.6. The maximum absolute atomic E-state index is 12.4. The number of H-pyrrole nitrogens is 1. The summed E-state index contributed by atoms with van der Waals surface area (Å²) < 4.78 is 0. The van der Waals surface area contributed by atoms with Gasteiger partial charge in [0.25, 0.3) is 5.91 Å². The summed E-state index contributed by atoms with van der Waals surface area (Å²) in [6, 6.07) is 16.3. The van der Waals surface area contributed by atoms with E-state index in [1.54, 1.807) is 0 Å². The van der Waals surface area contributed by atoms with E-state index in [0.29, 0.717) is 6.54 Å². The molecule has 2 heterocycles. The van der Waals surface area contributed by atoms with Crippen LogP contribution in [0, 0.1) is 0 Å². The van der Waals surface area contributed by atoms with Crippen LogP contribution in [0.2, 0.25) is 0 Å². The van der Waals surface area contributed by atoms with Crippen molar-refractivity contribution in [1.82, 2.24) is 15.1 Å². The normalized spacial score (nSPS) is 14.3. The smallest absolute Gasteiger partial charge is 0.254 e. The van der Waals surface area contributed by atoms with Crippen LogP contribution in [0.25, 0.3) is 0 Å². The number of anilines is 1. The van der Waals surface area contributed by atoms with E-state index >= 15 is 0 Å². The summed E-state index contributed by atoms with van der Waals surface area (Å²) in [7, 11) is 0. The van der Waals surface area contributed by atoms with Crippen LogP contribution in [-0.4, -0.2) is 27.5 Å². The van der Waals surface area contributed by atoms with Crippen LogP contribution in [-0.2, 0) is 6.54 Å². The Morgan fingerprint density at radius 3 is 2.77 bits per heavy atom. The number of aromatic amines is 1. The zero-order valence-corrected chi connectivity index (χ0v) is 14.8. The van der Waals surface area contributed by atoms with Gasteiger partial charge < -0.3 is 10.2 Å². The molecule has 26 heavy (non-hydrogen) atoms. The lowest BCUT2D eigenvalue weighted by Crippen LogP contribution is -2.24. The molecule has 1 aliphatic heterocycles. The maximum Gasteiger partial charge on any atom is 0.254 e. The summed E-state index contributed by atoms with van der Waals surface area (Å²) in [6.07, 6.45) is 4.72. The number of amides is 1. The summed E-state index contributed by atoms with van der Waals surface area (Å²) >= 11 is 0. The van der Waals surface area contributed by atoms with Crippen molar-refractivity contribution in [3.8, 4) is 0 Å². The molecule has 1 atom stereocenters. The van der Waals surface area contributed by atoms with Gasteiger partial charge in [0.2, 0.25) is 0 Å². The molecule has 132 valence electrons. The molecule has 3 aromatic rings.